The molecule has 3 fully saturated rings. The topological polar surface area (TPSA) is 58.6 Å². The van der Waals surface area contributed by atoms with Gasteiger partial charge in [-0.15, -0.1) is 0 Å². The number of sulfonamides is 1. The van der Waals surface area contributed by atoms with Gasteiger partial charge in [0.05, 0.1) is 11.9 Å². The zero-order chi connectivity index (χ0) is 15.6. The van der Waals surface area contributed by atoms with Crippen molar-refractivity contribution >= 4 is 10.0 Å². The van der Waals surface area contributed by atoms with Gasteiger partial charge in [0, 0.05) is 37.7 Å². The molecule has 0 aromatic heterocycles. The molecule has 6 heteroatoms. The molecule has 1 heterocycles. The van der Waals surface area contributed by atoms with E-state index in [1.807, 2.05) is 0 Å². The minimum absolute atomic E-state index is 0.318. The highest BCUT2D eigenvalue weighted by atomic mass is 32.2. The third kappa shape index (κ3) is 3.07. The van der Waals surface area contributed by atoms with E-state index in [0.29, 0.717) is 36.4 Å². The lowest BCUT2D eigenvalue weighted by Crippen LogP contribution is -2.65. The van der Waals surface area contributed by atoms with Gasteiger partial charge in [-0.3, -0.25) is 0 Å². The summed E-state index contributed by atoms with van der Waals surface area (Å²) in [6, 6.07) is 0.509. The van der Waals surface area contributed by atoms with E-state index < -0.39 is 10.0 Å². The second-order valence-electron chi connectivity index (χ2n) is 7.05. The first-order valence-electron chi connectivity index (χ1n) is 8.91. The molecule has 2 atom stereocenters. The molecule has 0 amide bonds. The molecule has 0 aromatic rings. The van der Waals surface area contributed by atoms with Gasteiger partial charge in [0.25, 0.3) is 0 Å². The summed E-state index contributed by atoms with van der Waals surface area (Å²) in [5.41, 5.74) is 0.318. The van der Waals surface area contributed by atoms with Crippen LogP contribution in [0.1, 0.15) is 51.9 Å². The summed E-state index contributed by atoms with van der Waals surface area (Å²) in [4.78, 5) is 0. The molecular formula is C16H30N2O3S. The summed E-state index contributed by atoms with van der Waals surface area (Å²) in [7, 11) is -2.96. The normalized spacial score (nSPS) is 33.9. The summed E-state index contributed by atoms with van der Waals surface area (Å²) in [6.45, 7) is 4.96. The van der Waals surface area contributed by atoms with Crippen LogP contribution in [0, 0.1) is 5.41 Å². The Kier molecular flexibility index (Phi) is 5.12. The first kappa shape index (κ1) is 16.7. The number of hydrogen-bond acceptors (Lipinski definition) is 4. The molecule has 22 heavy (non-hydrogen) atoms. The fourth-order valence-corrected chi connectivity index (χ4v) is 6.18. The van der Waals surface area contributed by atoms with Crippen molar-refractivity contribution in [2.75, 3.05) is 32.0 Å². The van der Waals surface area contributed by atoms with E-state index in [1.54, 1.807) is 4.31 Å². The van der Waals surface area contributed by atoms with E-state index in [2.05, 4.69) is 12.2 Å². The third-order valence-corrected chi connectivity index (χ3v) is 7.85. The first-order valence-corrected chi connectivity index (χ1v) is 10.5. The zero-order valence-corrected chi connectivity index (χ0v) is 14.5. The number of ether oxygens (including phenoxy) is 1. The molecule has 2 aliphatic carbocycles. The van der Waals surface area contributed by atoms with Gasteiger partial charge in [-0.1, -0.05) is 19.3 Å². The van der Waals surface area contributed by atoms with Crippen LogP contribution in [-0.2, 0) is 14.8 Å². The van der Waals surface area contributed by atoms with Crippen LogP contribution in [0.3, 0.4) is 0 Å². The summed E-state index contributed by atoms with van der Waals surface area (Å²) in [5, 5.41) is 3.65. The van der Waals surface area contributed by atoms with Gasteiger partial charge in [0.1, 0.15) is 0 Å². The highest BCUT2D eigenvalue weighted by molar-refractivity contribution is 7.89. The second-order valence-corrected chi connectivity index (χ2v) is 9.14. The summed E-state index contributed by atoms with van der Waals surface area (Å²) < 4.78 is 31.3. The molecule has 0 bridgehead atoms. The van der Waals surface area contributed by atoms with Crippen LogP contribution in [0.25, 0.3) is 0 Å². The van der Waals surface area contributed by atoms with Crippen molar-refractivity contribution in [3.63, 3.8) is 0 Å². The van der Waals surface area contributed by atoms with Gasteiger partial charge in [-0.2, -0.15) is 0 Å². The molecule has 128 valence electrons. The van der Waals surface area contributed by atoms with Gasteiger partial charge in [-0.25, -0.2) is 12.7 Å². The van der Waals surface area contributed by atoms with Gasteiger partial charge in [0.2, 0.25) is 10.0 Å². The van der Waals surface area contributed by atoms with Crippen LogP contribution in [0.5, 0.6) is 0 Å². The van der Waals surface area contributed by atoms with Gasteiger partial charge >= 0.3 is 0 Å². The van der Waals surface area contributed by atoms with Crippen molar-refractivity contribution in [3.05, 3.63) is 0 Å². The van der Waals surface area contributed by atoms with Gasteiger partial charge < -0.3 is 10.1 Å². The van der Waals surface area contributed by atoms with Crippen LogP contribution in [0.15, 0.2) is 0 Å². The van der Waals surface area contributed by atoms with E-state index >= 15 is 0 Å². The summed E-state index contributed by atoms with van der Waals surface area (Å²) >= 11 is 0. The summed E-state index contributed by atoms with van der Waals surface area (Å²) in [6.07, 6.45) is 8.76. The van der Waals surface area contributed by atoms with E-state index in [4.69, 9.17) is 4.74 Å². The third-order valence-electron chi connectivity index (χ3n) is 5.89. The maximum absolute atomic E-state index is 11.8. The fourth-order valence-electron chi connectivity index (χ4n) is 4.66. The van der Waals surface area contributed by atoms with E-state index in [-0.39, 0.29) is 0 Å². The average molecular weight is 330 g/mol. The Morgan fingerprint density at radius 3 is 2.64 bits per heavy atom. The van der Waals surface area contributed by atoms with Crippen LogP contribution in [0.2, 0.25) is 0 Å². The number of hydrogen-bond donors (Lipinski definition) is 1. The minimum Gasteiger partial charge on any atom is -0.378 e. The van der Waals surface area contributed by atoms with Crippen molar-refractivity contribution in [2.45, 2.75) is 64.0 Å². The van der Waals surface area contributed by atoms with E-state index in [1.165, 1.54) is 32.1 Å². The molecule has 1 N–H and O–H groups in total. The van der Waals surface area contributed by atoms with Gasteiger partial charge in [0.15, 0.2) is 0 Å². The monoisotopic (exact) mass is 330 g/mol. The lowest BCUT2D eigenvalue weighted by atomic mass is 9.55. The predicted octanol–water partition coefficient (Wildman–Crippen LogP) is 1.74. The second kappa shape index (κ2) is 6.75. The SMILES string of the molecule is CCO[C@H]1C[C@@H](NCCN2CCCS2(=O)=O)C12CCCCC2. The fraction of sp³-hybridized carbons (Fsp3) is 1.00. The Morgan fingerprint density at radius 2 is 2.00 bits per heavy atom. The van der Waals surface area contributed by atoms with Crippen molar-refractivity contribution in [2.24, 2.45) is 5.41 Å². The Balaban J connectivity index is 1.52. The van der Waals surface area contributed by atoms with Gasteiger partial charge in [-0.05, 0) is 32.6 Å². The highest BCUT2D eigenvalue weighted by Gasteiger charge is 2.55. The zero-order valence-electron chi connectivity index (χ0n) is 13.7. The molecule has 3 aliphatic rings. The van der Waals surface area contributed by atoms with Crippen molar-refractivity contribution < 1.29 is 13.2 Å². The quantitative estimate of drug-likeness (QED) is 0.806. The van der Waals surface area contributed by atoms with Crippen molar-refractivity contribution in [1.82, 2.24) is 9.62 Å². The standard InChI is InChI=1S/C16H30N2O3S/c1-2-21-15-13-14(16(15)7-4-3-5-8-16)17-9-11-18-10-6-12-22(18,19)20/h14-15,17H,2-13H2,1H3/t14-,15+/m1/s1. The van der Waals surface area contributed by atoms with Crippen LogP contribution >= 0.6 is 0 Å². The molecule has 1 saturated heterocycles. The van der Waals surface area contributed by atoms with E-state index in [9.17, 15) is 8.42 Å². The highest BCUT2D eigenvalue weighted by Crippen LogP contribution is 2.53. The lowest BCUT2D eigenvalue weighted by molar-refractivity contribution is -0.149. The predicted molar refractivity (Wildman–Crippen MR) is 87.3 cm³/mol. The van der Waals surface area contributed by atoms with Crippen LogP contribution in [-0.4, -0.2) is 56.9 Å². The maximum Gasteiger partial charge on any atom is 0.214 e. The molecule has 5 nitrogen and oxygen atoms in total. The smallest absolute Gasteiger partial charge is 0.214 e. The Labute approximate surface area is 134 Å². The number of rotatable bonds is 6. The Morgan fingerprint density at radius 1 is 1.23 bits per heavy atom. The van der Waals surface area contributed by atoms with Crippen LogP contribution in [0.4, 0.5) is 0 Å². The maximum atomic E-state index is 11.8. The first-order chi connectivity index (χ1) is 10.6. The Hall–Kier alpha value is -0.170. The minimum atomic E-state index is -2.96. The molecule has 0 radical (unpaired) electrons. The van der Waals surface area contributed by atoms with Crippen molar-refractivity contribution in [1.29, 1.82) is 0 Å². The lowest BCUT2D eigenvalue weighted by Gasteiger charge is -2.58. The molecule has 1 spiro atoms. The number of nitrogens with one attached hydrogen (secondary N) is 1. The molecule has 0 unspecified atom stereocenters. The summed E-state index contributed by atoms with van der Waals surface area (Å²) in [5.74, 6) is 0.326. The molecule has 1 aliphatic heterocycles. The van der Waals surface area contributed by atoms with Crippen LogP contribution < -0.4 is 5.32 Å². The molecule has 3 rings (SSSR count). The average Bonchev–Trinajstić information content (AvgIpc) is 2.85. The Bertz CT molecular complexity index is 474. The van der Waals surface area contributed by atoms with Crippen molar-refractivity contribution in [3.8, 4) is 0 Å². The molecular weight excluding hydrogens is 300 g/mol. The number of nitrogens with zero attached hydrogens (tertiary/aromatic N) is 1. The van der Waals surface area contributed by atoms with E-state index in [0.717, 1.165) is 26.0 Å². The largest absolute Gasteiger partial charge is 0.378 e. The molecule has 0 aromatic carbocycles. The molecule has 2 saturated carbocycles.